The molecule has 1 aliphatic heterocycles. The van der Waals surface area contributed by atoms with E-state index < -0.39 is 0 Å². The lowest BCUT2D eigenvalue weighted by Crippen LogP contribution is -2.19. The minimum Gasteiger partial charge on any atom is -0.343 e. The molecule has 98 valence electrons. The van der Waals surface area contributed by atoms with Crippen LogP contribution in [0.3, 0.4) is 0 Å². The molecule has 0 saturated heterocycles. The number of imide groups is 1. The molecular weight excluding hydrogens is 256 g/mol. The second-order valence-corrected chi connectivity index (χ2v) is 4.12. The van der Waals surface area contributed by atoms with E-state index in [2.05, 4.69) is 15.0 Å². The van der Waals surface area contributed by atoms with Gasteiger partial charge in [0.2, 0.25) is 0 Å². The van der Waals surface area contributed by atoms with E-state index in [1.54, 1.807) is 12.5 Å². The van der Waals surface area contributed by atoms with Gasteiger partial charge in [-0.05, 0) is 12.1 Å². The molecule has 4 rings (SSSR count). The molecule has 2 amide bonds. The van der Waals surface area contributed by atoms with Crippen molar-refractivity contribution in [2.24, 2.45) is 0 Å². The first-order valence-electron chi connectivity index (χ1n) is 5.94. The Morgan fingerprint density at radius 3 is 2.45 bits per heavy atom. The topological polar surface area (TPSA) is 87.7 Å². The molecular formula is C14H10N4O2. The van der Waals surface area contributed by atoms with Crippen molar-refractivity contribution >= 4 is 33.8 Å². The number of H-pyrrole nitrogens is 1. The molecule has 0 unspecified atom stereocenters. The average molecular weight is 266 g/mol. The average Bonchev–Trinajstić information content (AvgIpc) is 3.08. The summed E-state index contributed by atoms with van der Waals surface area (Å²) in [6.45, 7) is 0. The van der Waals surface area contributed by atoms with Crippen LogP contribution in [0, 0.1) is 0 Å². The minimum absolute atomic E-state index is 0.329. The van der Waals surface area contributed by atoms with Crippen molar-refractivity contribution < 1.29 is 9.59 Å². The summed E-state index contributed by atoms with van der Waals surface area (Å²) < 4.78 is 0. The van der Waals surface area contributed by atoms with Crippen LogP contribution in [-0.4, -0.2) is 26.8 Å². The zero-order valence-electron chi connectivity index (χ0n) is 10.3. The number of carbonyl (C=O) groups is 2. The maximum absolute atomic E-state index is 10.0. The number of hydrogen-bond acceptors (Lipinski definition) is 4. The summed E-state index contributed by atoms with van der Waals surface area (Å²) in [5.41, 5.74) is 2.96. The standard InChI is InChI=1S/C10H7N3.C4H3NO2/c1-2-7-3-4-8-10(13-6-12-8)9(7)11-5-1;6-3-1-2-4(7)5-3/h1-6H,(H,12,13);1-2H,(H,5,6,7). The van der Waals surface area contributed by atoms with E-state index in [9.17, 15) is 9.59 Å². The third-order valence-corrected chi connectivity index (χ3v) is 2.80. The lowest BCUT2D eigenvalue weighted by atomic mass is 10.2. The minimum atomic E-state index is -0.329. The fourth-order valence-electron chi connectivity index (χ4n) is 1.91. The van der Waals surface area contributed by atoms with E-state index >= 15 is 0 Å². The zero-order chi connectivity index (χ0) is 13.9. The predicted octanol–water partition coefficient (Wildman–Crippen LogP) is 1.31. The van der Waals surface area contributed by atoms with Gasteiger partial charge < -0.3 is 4.98 Å². The quantitative estimate of drug-likeness (QED) is 0.600. The Morgan fingerprint density at radius 1 is 0.950 bits per heavy atom. The lowest BCUT2D eigenvalue weighted by Gasteiger charge is -1.95. The Kier molecular flexibility index (Phi) is 2.96. The van der Waals surface area contributed by atoms with E-state index in [-0.39, 0.29) is 11.8 Å². The number of nitrogens with zero attached hydrogens (tertiary/aromatic N) is 2. The van der Waals surface area contributed by atoms with Gasteiger partial charge in [-0.25, -0.2) is 4.98 Å². The highest BCUT2D eigenvalue weighted by Gasteiger charge is 2.06. The Labute approximate surface area is 113 Å². The molecule has 0 spiro atoms. The number of rotatable bonds is 0. The molecule has 6 nitrogen and oxygen atoms in total. The summed E-state index contributed by atoms with van der Waals surface area (Å²) in [7, 11) is 0. The molecule has 0 atom stereocenters. The number of nitrogens with one attached hydrogen (secondary N) is 2. The molecule has 0 bridgehead atoms. The Balaban J connectivity index is 0.000000147. The highest BCUT2D eigenvalue weighted by Crippen LogP contribution is 2.19. The fraction of sp³-hybridized carbons (Fsp3) is 0. The van der Waals surface area contributed by atoms with E-state index in [1.807, 2.05) is 29.6 Å². The summed E-state index contributed by atoms with van der Waals surface area (Å²) in [6, 6.07) is 8.01. The summed E-state index contributed by atoms with van der Waals surface area (Å²) in [5, 5.41) is 3.17. The van der Waals surface area contributed by atoms with Crippen LogP contribution in [0.5, 0.6) is 0 Å². The molecule has 0 radical (unpaired) electrons. The van der Waals surface area contributed by atoms with Crippen LogP contribution in [0.2, 0.25) is 0 Å². The Bertz CT molecular complexity index is 819. The van der Waals surface area contributed by atoms with Gasteiger partial charge in [0.15, 0.2) is 0 Å². The van der Waals surface area contributed by atoms with Crippen molar-refractivity contribution in [3.05, 3.63) is 48.9 Å². The zero-order valence-corrected chi connectivity index (χ0v) is 10.3. The van der Waals surface area contributed by atoms with Crippen molar-refractivity contribution in [1.82, 2.24) is 20.3 Å². The van der Waals surface area contributed by atoms with Gasteiger partial charge in [0, 0.05) is 23.7 Å². The number of pyridine rings is 1. The first kappa shape index (κ1) is 12.0. The van der Waals surface area contributed by atoms with Crippen molar-refractivity contribution in [1.29, 1.82) is 0 Å². The van der Waals surface area contributed by atoms with Gasteiger partial charge in [0.1, 0.15) is 0 Å². The van der Waals surface area contributed by atoms with Gasteiger partial charge in [-0.2, -0.15) is 0 Å². The summed E-state index contributed by atoms with van der Waals surface area (Å²) in [4.78, 5) is 31.6. The molecule has 0 saturated carbocycles. The van der Waals surface area contributed by atoms with Crippen LogP contribution in [0.4, 0.5) is 0 Å². The van der Waals surface area contributed by atoms with Crippen LogP contribution in [0.1, 0.15) is 0 Å². The number of fused-ring (bicyclic) bond motifs is 3. The van der Waals surface area contributed by atoms with Gasteiger partial charge >= 0.3 is 0 Å². The summed E-state index contributed by atoms with van der Waals surface area (Å²) in [6.07, 6.45) is 5.88. The normalized spacial score (nSPS) is 13.4. The smallest absolute Gasteiger partial charge is 0.250 e. The van der Waals surface area contributed by atoms with Crippen LogP contribution in [0.25, 0.3) is 21.9 Å². The molecule has 1 aliphatic rings. The largest absolute Gasteiger partial charge is 0.343 e. The fourth-order valence-corrected chi connectivity index (χ4v) is 1.91. The molecule has 20 heavy (non-hydrogen) atoms. The number of benzene rings is 1. The van der Waals surface area contributed by atoms with E-state index in [0.29, 0.717) is 0 Å². The molecule has 0 fully saturated rings. The molecule has 3 aromatic rings. The van der Waals surface area contributed by atoms with Crippen LogP contribution in [0.15, 0.2) is 48.9 Å². The highest BCUT2D eigenvalue weighted by molar-refractivity contribution is 6.12. The second-order valence-electron chi connectivity index (χ2n) is 4.12. The van der Waals surface area contributed by atoms with E-state index in [1.165, 1.54) is 12.2 Å². The molecule has 1 aromatic carbocycles. The number of amides is 2. The van der Waals surface area contributed by atoms with E-state index in [0.717, 1.165) is 21.9 Å². The third kappa shape index (κ3) is 2.26. The van der Waals surface area contributed by atoms with Crippen LogP contribution < -0.4 is 5.32 Å². The summed E-state index contributed by atoms with van der Waals surface area (Å²) >= 11 is 0. The first-order valence-corrected chi connectivity index (χ1v) is 5.94. The van der Waals surface area contributed by atoms with Crippen LogP contribution >= 0.6 is 0 Å². The van der Waals surface area contributed by atoms with Crippen molar-refractivity contribution in [2.75, 3.05) is 0 Å². The Hall–Kier alpha value is -3.02. The van der Waals surface area contributed by atoms with Gasteiger partial charge in [-0.3, -0.25) is 19.9 Å². The van der Waals surface area contributed by atoms with E-state index in [4.69, 9.17) is 0 Å². The molecule has 2 N–H and O–H groups in total. The van der Waals surface area contributed by atoms with Crippen molar-refractivity contribution in [3.63, 3.8) is 0 Å². The monoisotopic (exact) mass is 266 g/mol. The van der Waals surface area contributed by atoms with Crippen molar-refractivity contribution in [3.8, 4) is 0 Å². The third-order valence-electron chi connectivity index (χ3n) is 2.80. The maximum atomic E-state index is 10.0. The van der Waals surface area contributed by atoms with Gasteiger partial charge in [0.25, 0.3) is 11.8 Å². The number of aromatic amines is 1. The number of imidazole rings is 1. The summed E-state index contributed by atoms with van der Waals surface area (Å²) in [5.74, 6) is -0.657. The van der Waals surface area contributed by atoms with Gasteiger partial charge in [-0.15, -0.1) is 0 Å². The van der Waals surface area contributed by atoms with Crippen LogP contribution in [-0.2, 0) is 9.59 Å². The van der Waals surface area contributed by atoms with Gasteiger partial charge in [-0.1, -0.05) is 12.1 Å². The predicted molar refractivity (Wildman–Crippen MR) is 73.7 cm³/mol. The number of hydrogen-bond donors (Lipinski definition) is 2. The molecule has 2 aromatic heterocycles. The van der Waals surface area contributed by atoms with Crippen molar-refractivity contribution in [2.45, 2.75) is 0 Å². The lowest BCUT2D eigenvalue weighted by molar-refractivity contribution is -0.123. The molecule has 0 aliphatic carbocycles. The SMILES string of the molecule is O=C1C=CC(=O)N1.c1cnc2c(c1)ccc1nc[nH]c12. The first-order chi connectivity index (χ1) is 9.74. The highest BCUT2D eigenvalue weighted by atomic mass is 16.2. The second kappa shape index (κ2) is 4.93. The van der Waals surface area contributed by atoms with Gasteiger partial charge in [0.05, 0.1) is 22.9 Å². The molecule has 3 heterocycles. The molecule has 6 heteroatoms. The Morgan fingerprint density at radius 2 is 1.75 bits per heavy atom. The maximum Gasteiger partial charge on any atom is 0.250 e. The number of carbonyl (C=O) groups excluding carboxylic acids is 2. The number of aromatic nitrogens is 3.